The Hall–Kier alpha value is -0.450. The van der Waals surface area contributed by atoms with Crippen molar-refractivity contribution in [3.05, 3.63) is 16.1 Å². The molecule has 0 aliphatic carbocycles. The van der Waals surface area contributed by atoms with E-state index < -0.39 is 0 Å². The van der Waals surface area contributed by atoms with Crippen LogP contribution < -0.4 is 5.32 Å². The van der Waals surface area contributed by atoms with Crippen molar-refractivity contribution in [2.45, 2.75) is 13.0 Å². The molecule has 72 valence electrons. The van der Waals surface area contributed by atoms with Gasteiger partial charge < -0.3 is 5.32 Å². The van der Waals surface area contributed by atoms with Crippen LogP contribution in [-0.4, -0.2) is 36.6 Å². The number of likely N-dealkylation sites (N-methyl/N-ethyl adjacent to an activating group) is 1. The SMILES string of the molecule is Cc1ncsc1C1CNCCN1C. The smallest absolute Gasteiger partial charge is 0.0798 e. The Morgan fingerprint density at radius 1 is 1.69 bits per heavy atom. The topological polar surface area (TPSA) is 28.2 Å². The molecule has 1 unspecified atom stereocenters. The Balaban J connectivity index is 2.19. The molecule has 1 saturated heterocycles. The van der Waals surface area contributed by atoms with E-state index in [2.05, 4.69) is 29.2 Å². The Morgan fingerprint density at radius 3 is 3.15 bits per heavy atom. The first-order valence-electron chi connectivity index (χ1n) is 4.60. The van der Waals surface area contributed by atoms with Gasteiger partial charge in [-0.1, -0.05) is 0 Å². The van der Waals surface area contributed by atoms with E-state index in [-0.39, 0.29) is 0 Å². The van der Waals surface area contributed by atoms with Gasteiger partial charge >= 0.3 is 0 Å². The molecule has 3 nitrogen and oxygen atoms in total. The summed E-state index contributed by atoms with van der Waals surface area (Å²) >= 11 is 1.77. The number of piperazine rings is 1. The second kappa shape index (κ2) is 3.74. The van der Waals surface area contributed by atoms with Gasteiger partial charge in [0.2, 0.25) is 0 Å². The number of nitrogens with one attached hydrogen (secondary N) is 1. The van der Waals surface area contributed by atoms with Crippen molar-refractivity contribution in [1.82, 2.24) is 15.2 Å². The first kappa shape index (κ1) is 9.12. The fraction of sp³-hybridized carbons (Fsp3) is 0.667. The maximum Gasteiger partial charge on any atom is 0.0798 e. The van der Waals surface area contributed by atoms with Gasteiger partial charge in [0.1, 0.15) is 0 Å². The molecule has 1 aromatic heterocycles. The summed E-state index contributed by atoms with van der Waals surface area (Å²) in [7, 11) is 2.19. The maximum absolute atomic E-state index is 4.29. The van der Waals surface area contributed by atoms with Gasteiger partial charge in [0.05, 0.1) is 17.2 Å². The Kier molecular flexibility index (Phi) is 2.62. The number of hydrogen-bond donors (Lipinski definition) is 1. The Morgan fingerprint density at radius 2 is 2.54 bits per heavy atom. The lowest BCUT2D eigenvalue weighted by molar-refractivity contribution is 0.204. The van der Waals surface area contributed by atoms with Crippen molar-refractivity contribution in [3.8, 4) is 0 Å². The van der Waals surface area contributed by atoms with Crippen LogP contribution in [0.2, 0.25) is 0 Å². The predicted octanol–water partition coefficient (Wildman–Crippen LogP) is 1.03. The molecule has 1 aliphatic heterocycles. The van der Waals surface area contributed by atoms with E-state index in [0.717, 1.165) is 19.6 Å². The third-order valence-electron chi connectivity index (χ3n) is 2.60. The number of hydrogen-bond acceptors (Lipinski definition) is 4. The molecule has 4 heteroatoms. The van der Waals surface area contributed by atoms with E-state index >= 15 is 0 Å². The molecule has 1 N–H and O–H groups in total. The summed E-state index contributed by atoms with van der Waals surface area (Å²) < 4.78 is 0. The zero-order valence-corrected chi connectivity index (χ0v) is 8.90. The van der Waals surface area contributed by atoms with Crippen LogP contribution >= 0.6 is 11.3 Å². The van der Waals surface area contributed by atoms with Crippen LogP contribution in [0.25, 0.3) is 0 Å². The highest BCUT2D eigenvalue weighted by atomic mass is 32.1. The summed E-state index contributed by atoms with van der Waals surface area (Å²) in [4.78, 5) is 8.10. The molecule has 0 saturated carbocycles. The van der Waals surface area contributed by atoms with Crippen LogP contribution in [0.15, 0.2) is 5.51 Å². The molecule has 1 aliphatic rings. The first-order chi connectivity index (χ1) is 6.29. The van der Waals surface area contributed by atoms with Crippen molar-refractivity contribution in [1.29, 1.82) is 0 Å². The van der Waals surface area contributed by atoms with Gasteiger partial charge in [-0.3, -0.25) is 4.90 Å². The van der Waals surface area contributed by atoms with Gasteiger partial charge in [-0.2, -0.15) is 0 Å². The van der Waals surface area contributed by atoms with Gasteiger partial charge in [0.15, 0.2) is 0 Å². The molecule has 1 fully saturated rings. The molecule has 0 radical (unpaired) electrons. The van der Waals surface area contributed by atoms with Gasteiger partial charge in [0, 0.05) is 24.5 Å². The summed E-state index contributed by atoms with van der Waals surface area (Å²) in [5.74, 6) is 0. The minimum absolute atomic E-state index is 0.529. The third kappa shape index (κ3) is 1.75. The lowest BCUT2D eigenvalue weighted by Crippen LogP contribution is -2.43. The molecule has 2 heterocycles. The van der Waals surface area contributed by atoms with E-state index in [1.807, 2.05) is 5.51 Å². The van der Waals surface area contributed by atoms with E-state index in [4.69, 9.17) is 0 Å². The summed E-state index contributed by atoms with van der Waals surface area (Å²) in [5, 5.41) is 3.42. The third-order valence-corrected chi connectivity index (χ3v) is 3.63. The zero-order chi connectivity index (χ0) is 9.26. The van der Waals surface area contributed by atoms with Crippen LogP contribution in [0.3, 0.4) is 0 Å². The van der Waals surface area contributed by atoms with Gasteiger partial charge in [0.25, 0.3) is 0 Å². The number of thiazole rings is 1. The lowest BCUT2D eigenvalue weighted by atomic mass is 10.1. The van der Waals surface area contributed by atoms with Gasteiger partial charge in [-0.15, -0.1) is 11.3 Å². The van der Waals surface area contributed by atoms with Gasteiger partial charge in [-0.25, -0.2) is 4.98 Å². The van der Waals surface area contributed by atoms with Crippen molar-refractivity contribution < 1.29 is 0 Å². The minimum atomic E-state index is 0.529. The average molecular weight is 197 g/mol. The second-order valence-electron chi connectivity index (χ2n) is 3.50. The molecule has 0 bridgehead atoms. The number of rotatable bonds is 1. The Bertz CT molecular complexity index is 284. The van der Waals surface area contributed by atoms with E-state index in [0.29, 0.717) is 6.04 Å². The van der Waals surface area contributed by atoms with Crippen molar-refractivity contribution in [2.24, 2.45) is 0 Å². The van der Waals surface area contributed by atoms with Crippen LogP contribution in [0.5, 0.6) is 0 Å². The van der Waals surface area contributed by atoms with E-state index in [1.54, 1.807) is 11.3 Å². The fourth-order valence-corrected chi connectivity index (χ4v) is 2.70. The highest BCUT2D eigenvalue weighted by molar-refractivity contribution is 7.09. The van der Waals surface area contributed by atoms with Crippen molar-refractivity contribution in [2.75, 3.05) is 26.7 Å². The minimum Gasteiger partial charge on any atom is -0.314 e. The summed E-state index contributed by atoms with van der Waals surface area (Å²) in [6.07, 6.45) is 0. The standard InChI is InChI=1S/C9H15N3S/c1-7-9(13-6-11-7)8-5-10-3-4-12(8)2/h6,8,10H,3-5H2,1-2H3. The highest BCUT2D eigenvalue weighted by Gasteiger charge is 2.22. The number of aryl methyl sites for hydroxylation is 1. The van der Waals surface area contributed by atoms with E-state index in [9.17, 15) is 0 Å². The average Bonchev–Trinajstić information content (AvgIpc) is 2.52. The summed E-state index contributed by atoms with van der Waals surface area (Å²) in [6.45, 7) is 5.38. The van der Waals surface area contributed by atoms with Crippen LogP contribution in [0.1, 0.15) is 16.6 Å². The quantitative estimate of drug-likeness (QED) is 0.729. The summed E-state index contributed by atoms with van der Waals surface area (Å²) in [5.41, 5.74) is 3.12. The summed E-state index contributed by atoms with van der Waals surface area (Å²) in [6, 6.07) is 0.529. The second-order valence-corrected chi connectivity index (χ2v) is 4.39. The lowest BCUT2D eigenvalue weighted by Gasteiger charge is -2.32. The van der Waals surface area contributed by atoms with Crippen LogP contribution in [-0.2, 0) is 0 Å². The molecule has 1 atom stereocenters. The molecule has 2 rings (SSSR count). The van der Waals surface area contributed by atoms with Crippen LogP contribution in [0.4, 0.5) is 0 Å². The number of aromatic nitrogens is 1. The molecule has 0 aromatic carbocycles. The first-order valence-corrected chi connectivity index (χ1v) is 5.48. The Labute approximate surface area is 82.8 Å². The highest BCUT2D eigenvalue weighted by Crippen LogP contribution is 2.26. The molecule has 13 heavy (non-hydrogen) atoms. The fourth-order valence-electron chi connectivity index (χ4n) is 1.73. The predicted molar refractivity (Wildman–Crippen MR) is 55.1 cm³/mol. The molecule has 1 aromatic rings. The van der Waals surface area contributed by atoms with Gasteiger partial charge in [-0.05, 0) is 14.0 Å². The van der Waals surface area contributed by atoms with Crippen LogP contribution in [0, 0.1) is 6.92 Å². The normalized spacial score (nSPS) is 24.9. The molecule has 0 amide bonds. The molecular weight excluding hydrogens is 182 g/mol. The zero-order valence-electron chi connectivity index (χ0n) is 8.08. The maximum atomic E-state index is 4.29. The molecular formula is C9H15N3S. The molecule has 0 spiro atoms. The van der Waals surface area contributed by atoms with Crippen molar-refractivity contribution in [3.63, 3.8) is 0 Å². The monoisotopic (exact) mass is 197 g/mol. The largest absolute Gasteiger partial charge is 0.314 e. The number of nitrogens with zero attached hydrogens (tertiary/aromatic N) is 2. The van der Waals surface area contributed by atoms with Crippen molar-refractivity contribution >= 4 is 11.3 Å². The van der Waals surface area contributed by atoms with E-state index in [1.165, 1.54) is 10.6 Å².